The number of thiophene rings is 1. The zero-order valence-electron chi connectivity index (χ0n) is 10.4. The average molecular weight is 342 g/mol. The largest absolute Gasteiger partial charge is 0.347 e. The highest BCUT2D eigenvalue weighted by atomic mass is 79.9. The molecule has 0 saturated heterocycles. The van der Waals surface area contributed by atoms with Crippen LogP contribution in [0, 0.1) is 5.82 Å². The number of benzene rings is 1. The first-order valence-electron chi connectivity index (χ1n) is 5.91. The van der Waals surface area contributed by atoms with E-state index in [9.17, 15) is 9.18 Å². The summed E-state index contributed by atoms with van der Waals surface area (Å²) in [5, 5.41) is 2.80. The predicted molar refractivity (Wildman–Crippen MR) is 79.0 cm³/mol. The van der Waals surface area contributed by atoms with Gasteiger partial charge >= 0.3 is 0 Å². The molecule has 0 atom stereocenters. The topological polar surface area (TPSA) is 29.1 Å². The quantitative estimate of drug-likeness (QED) is 0.889. The van der Waals surface area contributed by atoms with Crippen molar-refractivity contribution in [3.8, 4) is 0 Å². The molecule has 1 heterocycles. The molecule has 0 aliphatic carbocycles. The second-order valence-corrected chi connectivity index (χ2v) is 6.14. The summed E-state index contributed by atoms with van der Waals surface area (Å²) in [4.78, 5) is 14.3. The van der Waals surface area contributed by atoms with Crippen molar-refractivity contribution >= 4 is 33.2 Å². The van der Waals surface area contributed by atoms with E-state index >= 15 is 0 Å². The smallest absolute Gasteiger partial charge is 0.252 e. The normalized spacial score (nSPS) is 10.5. The van der Waals surface area contributed by atoms with E-state index in [1.165, 1.54) is 23.1 Å². The molecule has 19 heavy (non-hydrogen) atoms. The van der Waals surface area contributed by atoms with Crippen molar-refractivity contribution in [3.63, 3.8) is 0 Å². The third kappa shape index (κ3) is 3.64. The molecule has 0 saturated carbocycles. The minimum Gasteiger partial charge on any atom is -0.347 e. The Morgan fingerprint density at radius 3 is 2.74 bits per heavy atom. The standard InChI is InChI=1S/C14H13BrFNOS/c1-2-10-4-5-11(19-10)8-17-14(18)12-7-9(16)3-6-13(12)15/h3-7H,2,8H2,1H3,(H,17,18). The Hall–Kier alpha value is -1.20. The number of rotatable bonds is 4. The van der Waals surface area contributed by atoms with Crippen molar-refractivity contribution in [3.05, 3.63) is 55.9 Å². The van der Waals surface area contributed by atoms with Crippen LogP contribution < -0.4 is 5.32 Å². The van der Waals surface area contributed by atoms with Gasteiger partial charge in [-0.1, -0.05) is 6.92 Å². The number of hydrogen-bond acceptors (Lipinski definition) is 2. The van der Waals surface area contributed by atoms with Crippen LogP contribution in [0.4, 0.5) is 4.39 Å². The van der Waals surface area contributed by atoms with Crippen LogP contribution in [0.1, 0.15) is 27.0 Å². The van der Waals surface area contributed by atoms with Crippen LogP contribution >= 0.6 is 27.3 Å². The second kappa shape index (κ2) is 6.30. The molecule has 2 rings (SSSR count). The van der Waals surface area contributed by atoms with E-state index in [0.717, 1.165) is 11.3 Å². The number of carbonyl (C=O) groups excluding carboxylic acids is 1. The van der Waals surface area contributed by atoms with E-state index in [2.05, 4.69) is 34.2 Å². The van der Waals surface area contributed by atoms with Gasteiger partial charge in [-0.05, 0) is 52.7 Å². The number of carbonyl (C=O) groups is 1. The molecule has 1 amide bonds. The maximum Gasteiger partial charge on any atom is 0.252 e. The van der Waals surface area contributed by atoms with Crippen LogP contribution in [0.15, 0.2) is 34.8 Å². The Bertz CT molecular complexity index is 597. The molecule has 100 valence electrons. The molecule has 1 aromatic heterocycles. The number of aryl methyl sites for hydroxylation is 1. The van der Waals surface area contributed by atoms with Crippen LogP contribution in [0.3, 0.4) is 0 Å². The fourth-order valence-corrected chi connectivity index (χ4v) is 2.97. The van der Waals surface area contributed by atoms with Gasteiger partial charge < -0.3 is 5.32 Å². The number of nitrogens with one attached hydrogen (secondary N) is 1. The first-order valence-corrected chi connectivity index (χ1v) is 7.52. The Labute approximate surface area is 123 Å². The molecule has 0 unspecified atom stereocenters. The fraction of sp³-hybridized carbons (Fsp3) is 0.214. The van der Waals surface area contributed by atoms with Gasteiger partial charge in [0.2, 0.25) is 0 Å². The van der Waals surface area contributed by atoms with E-state index in [4.69, 9.17) is 0 Å². The van der Waals surface area contributed by atoms with Crippen molar-refractivity contribution < 1.29 is 9.18 Å². The van der Waals surface area contributed by atoms with Crippen LogP contribution in [0.2, 0.25) is 0 Å². The van der Waals surface area contributed by atoms with E-state index in [-0.39, 0.29) is 5.91 Å². The predicted octanol–water partition coefficient (Wildman–Crippen LogP) is 4.14. The Balaban J connectivity index is 2.03. The molecule has 2 nitrogen and oxygen atoms in total. The van der Waals surface area contributed by atoms with E-state index in [0.29, 0.717) is 16.6 Å². The molecule has 0 spiro atoms. The monoisotopic (exact) mass is 341 g/mol. The lowest BCUT2D eigenvalue weighted by Gasteiger charge is -2.06. The Morgan fingerprint density at radius 1 is 1.32 bits per heavy atom. The number of amides is 1. The first-order chi connectivity index (χ1) is 9.10. The average Bonchev–Trinajstić information content (AvgIpc) is 2.87. The zero-order chi connectivity index (χ0) is 13.8. The summed E-state index contributed by atoms with van der Waals surface area (Å²) in [5.74, 6) is -0.699. The summed E-state index contributed by atoms with van der Waals surface area (Å²) in [7, 11) is 0. The lowest BCUT2D eigenvalue weighted by atomic mass is 10.2. The highest BCUT2D eigenvalue weighted by Gasteiger charge is 2.11. The van der Waals surface area contributed by atoms with E-state index in [1.54, 1.807) is 11.3 Å². The molecule has 2 aromatic rings. The van der Waals surface area contributed by atoms with Gasteiger partial charge in [0.25, 0.3) is 5.91 Å². The Morgan fingerprint density at radius 2 is 2.05 bits per heavy atom. The molecule has 1 aromatic carbocycles. The van der Waals surface area contributed by atoms with Gasteiger partial charge in [-0.3, -0.25) is 4.79 Å². The highest BCUT2D eigenvalue weighted by Crippen LogP contribution is 2.19. The third-order valence-corrected chi connectivity index (χ3v) is 4.58. The molecule has 0 bridgehead atoms. The molecule has 0 fully saturated rings. The third-order valence-electron chi connectivity index (χ3n) is 2.66. The summed E-state index contributed by atoms with van der Waals surface area (Å²) in [6.45, 7) is 2.56. The highest BCUT2D eigenvalue weighted by molar-refractivity contribution is 9.10. The van der Waals surface area contributed by atoms with Gasteiger partial charge in [-0.25, -0.2) is 4.39 Å². The van der Waals surface area contributed by atoms with Crippen LogP contribution in [-0.4, -0.2) is 5.91 Å². The maximum atomic E-state index is 13.1. The maximum absolute atomic E-state index is 13.1. The SMILES string of the molecule is CCc1ccc(CNC(=O)c2cc(F)ccc2Br)s1. The molecule has 0 aliphatic heterocycles. The number of hydrogen-bond donors (Lipinski definition) is 1. The van der Waals surface area contributed by atoms with Gasteiger partial charge in [-0.2, -0.15) is 0 Å². The van der Waals surface area contributed by atoms with Crippen LogP contribution in [0.5, 0.6) is 0 Å². The van der Waals surface area contributed by atoms with Crippen molar-refractivity contribution in [2.24, 2.45) is 0 Å². The number of halogens is 2. The second-order valence-electron chi connectivity index (χ2n) is 4.03. The van der Waals surface area contributed by atoms with Crippen molar-refractivity contribution in [1.82, 2.24) is 5.32 Å². The van der Waals surface area contributed by atoms with Crippen LogP contribution in [0.25, 0.3) is 0 Å². The van der Waals surface area contributed by atoms with E-state index < -0.39 is 5.82 Å². The fourth-order valence-electron chi connectivity index (χ4n) is 1.64. The van der Waals surface area contributed by atoms with Gasteiger partial charge in [0.15, 0.2) is 0 Å². The van der Waals surface area contributed by atoms with Gasteiger partial charge in [-0.15, -0.1) is 11.3 Å². The van der Waals surface area contributed by atoms with Crippen molar-refractivity contribution in [2.45, 2.75) is 19.9 Å². The van der Waals surface area contributed by atoms with E-state index in [1.807, 2.05) is 6.07 Å². The minimum atomic E-state index is -0.419. The molecule has 0 aliphatic rings. The van der Waals surface area contributed by atoms with Crippen molar-refractivity contribution in [2.75, 3.05) is 0 Å². The zero-order valence-corrected chi connectivity index (χ0v) is 12.8. The summed E-state index contributed by atoms with van der Waals surface area (Å²) in [6, 6.07) is 8.14. The van der Waals surface area contributed by atoms with Gasteiger partial charge in [0.05, 0.1) is 12.1 Å². The lowest BCUT2D eigenvalue weighted by Crippen LogP contribution is -2.22. The minimum absolute atomic E-state index is 0.280. The molecule has 5 heteroatoms. The van der Waals surface area contributed by atoms with Gasteiger partial charge in [0, 0.05) is 14.2 Å². The first kappa shape index (κ1) is 14.2. The summed E-state index contributed by atoms with van der Waals surface area (Å²) in [5.41, 5.74) is 0.312. The van der Waals surface area contributed by atoms with Crippen LogP contribution in [-0.2, 0) is 13.0 Å². The summed E-state index contributed by atoms with van der Waals surface area (Å²) < 4.78 is 13.7. The molecular formula is C14H13BrFNOS. The molecule has 1 N–H and O–H groups in total. The lowest BCUT2D eigenvalue weighted by molar-refractivity contribution is 0.0950. The molecule has 0 radical (unpaired) electrons. The molecular weight excluding hydrogens is 329 g/mol. The van der Waals surface area contributed by atoms with Crippen molar-refractivity contribution in [1.29, 1.82) is 0 Å². The summed E-state index contributed by atoms with van der Waals surface area (Å²) in [6.07, 6.45) is 0.994. The summed E-state index contributed by atoms with van der Waals surface area (Å²) >= 11 is 4.92. The Kier molecular flexibility index (Phi) is 4.71. The van der Waals surface area contributed by atoms with Gasteiger partial charge in [0.1, 0.15) is 5.82 Å².